The highest BCUT2D eigenvalue weighted by molar-refractivity contribution is 8.03. The van der Waals surface area contributed by atoms with Crippen molar-refractivity contribution >= 4 is 11.8 Å². The van der Waals surface area contributed by atoms with Crippen molar-refractivity contribution in [3.05, 3.63) is 10.7 Å². The molecule has 4 heteroatoms. The minimum absolute atomic E-state index is 0.0827. The van der Waals surface area contributed by atoms with Gasteiger partial charge >= 0.3 is 0 Å². The molecule has 0 N–H and O–H groups in total. The average molecular weight is 166 g/mol. The van der Waals surface area contributed by atoms with Gasteiger partial charge in [-0.25, -0.2) is 0 Å². The van der Waals surface area contributed by atoms with Crippen molar-refractivity contribution in [1.29, 1.82) is 10.5 Å². The fourth-order valence-corrected chi connectivity index (χ4v) is 1.61. The van der Waals surface area contributed by atoms with Gasteiger partial charge in [-0.1, -0.05) is 11.8 Å². The Bertz CT molecular complexity index is 255. The molecule has 0 aromatic rings. The number of hydrogen-bond donors (Lipinski definition) is 0. The quantitative estimate of drug-likeness (QED) is 0.510. The highest BCUT2D eigenvalue weighted by Crippen LogP contribution is 2.30. The van der Waals surface area contributed by atoms with Crippen LogP contribution < -0.4 is 0 Å². The number of ether oxygens (including phenoxy) is 1. The van der Waals surface area contributed by atoms with Crippen LogP contribution in [-0.4, -0.2) is 11.9 Å². The molecule has 1 saturated heterocycles. The van der Waals surface area contributed by atoms with Gasteiger partial charge in [0.25, 0.3) is 0 Å². The SMILES string of the molecule is CC1CSC(=C(C#N)C#N)O1. The van der Waals surface area contributed by atoms with E-state index >= 15 is 0 Å². The van der Waals surface area contributed by atoms with Crippen molar-refractivity contribution in [3.8, 4) is 12.1 Å². The molecule has 0 spiro atoms. The lowest BCUT2D eigenvalue weighted by Gasteiger charge is -1.99. The molecule has 0 saturated carbocycles. The fraction of sp³-hybridized carbons (Fsp3) is 0.429. The molecule has 0 aromatic heterocycles. The second-order valence-corrected chi connectivity index (χ2v) is 3.12. The number of allylic oxidation sites excluding steroid dienone is 1. The molecular formula is C7H6N2OS. The smallest absolute Gasteiger partial charge is 0.182 e. The van der Waals surface area contributed by atoms with Crippen LogP contribution in [0.5, 0.6) is 0 Å². The van der Waals surface area contributed by atoms with Crippen LogP contribution in [0.3, 0.4) is 0 Å². The highest BCUT2D eigenvalue weighted by Gasteiger charge is 2.20. The van der Waals surface area contributed by atoms with Gasteiger partial charge in [0.15, 0.2) is 10.7 Å². The first-order valence-corrected chi connectivity index (χ1v) is 4.10. The molecule has 1 aliphatic heterocycles. The summed E-state index contributed by atoms with van der Waals surface area (Å²) in [6, 6.07) is 3.57. The van der Waals surface area contributed by atoms with E-state index in [2.05, 4.69) is 0 Å². The lowest BCUT2D eigenvalue weighted by Crippen LogP contribution is -1.99. The molecule has 0 amide bonds. The van der Waals surface area contributed by atoms with Gasteiger partial charge in [0.1, 0.15) is 18.2 Å². The molecule has 1 fully saturated rings. The van der Waals surface area contributed by atoms with E-state index in [-0.39, 0.29) is 11.7 Å². The Hall–Kier alpha value is -1.13. The summed E-state index contributed by atoms with van der Waals surface area (Å²) in [7, 11) is 0. The maximum atomic E-state index is 8.45. The van der Waals surface area contributed by atoms with Gasteiger partial charge < -0.3 is 4.74 Å². The Morgan fingerprint density at radius 2 is 2.27 bits per heavy atom. The molecule has 1 aliphatic rings. The molecule has 1 atom stereocenters. The summed E-state index contributed by atoms with van der Waals surface area (Å²) in [5.41, 5.74) is 0.0827. The lowest BCUT2D eigenvalue weighted by molar-refractivity contribution is 0.187. The van der Waals surface area contributed by atoms with Crippen molar-refractivity contribution in [3.63, 3.8) is 0 Å². The van der Waals surface area contributed by atoms with Gasteiger partial charge in [-0.15, -0.1) is 0 Å². The first-order chi connectivity index (χ1) is 5.27. The van der Waals surface area contributed by atoms with E-state index in [1.54, 1.807) is 12.1 Å². The van der Waals surface area contributed by atoms with E-state index in [9.17, 15) is 0 Å². The maximum Gasteiger partial charge on any atom is 0.182 e. The van der Waals surface area contributed by atoms with Gasteiger partial charge in [0, 0.05) is 5.75 Å². The monoisotopic (exact) mass is 166 g/mol. The first kappa shape index (κ1) is 7.97. The van der Waals surface area contributed by atoms with Crippen LogP contribution in [0, 0.1) is 22.7 Å². The van der Waals surface area contributed by atoms with E-state index in [0.717, 1.165) is 5.75 Å². The van der Waals surface area contributed by atoms with Gasteiger partial charge in [0.2, 0.25) is 0 Å². The van der Waals surface area contributed by atoms with Crippen LogP contribution in [-0.2, 0) is 4.74 Å². The summed E-state index contributed by atoms with van der Waals surface area (Å²) in [5, 5.41) is 17.4. The molecule has 0 bridgehead atoms. The van der Waals surface area contributed by atoms with Crippen molar-refractivity contribution in [2.45, 2.75) is 13.0 Å². The van der Waals surface area contributed by atoms with Crippen molar-refractivity contribution in [2.24, 2.45) is 0 Å². The number of hydrogen-bond acceptors (Lipinski definition) is 4. The number of nitriles is 2. The van der Waals surface area contributed by atoms with Crippen molar-refractivity contribution in [2.75, 3.05) is 5.75 Å². The maximum absolute atomic E-state index is 8.45. The minimum Gasteiger partial charge on any atom is -0.481 e. The predicted octanol–water partition coefficient (Wildman–Crippen LogP) is 1.40. The summed E-state index contributed by atoms with van der Waals surface area (Å²) in [6.07, 6.45) is 0.117. The molecule has 0 aromatic carbocycles. The highest BCUT2D eigenvalue weighted by atomic mass is 32.2. The van der Waals surface area contributed by atoms with Crippen LogP contribution in [0.15, 0.2) is 10.7 Å². The van der Waals surface area contributed by atoms with Crippen LogP contribution in [0.4, 0.5) is 0 Å². The van der Waals surface area contributed by atoms with Crippen molar-refractivity contribution in [1.82, 2.24) is 0 Å². The Kier molecular flexibility index (Phi) is 2.40. The second kappa shape index (κ2) is 3.32. The molecule has 56 valence electrons. The Balaban J connectivity index is 2.83. The standard InChI is InChI=1S/C7H6N2OS/c1-5-4-11-7(10-5)6(2-8)3-9/h5H,4H2,1H3. The van der Waals surface area contributed by atoms with E-state index in [4.69, 9.17) is 15.3 Å². The number of thioether (sulfide) groups is 1. The summed E-state index contributed by atoms with van der Waals surface area (Å²) < 4.78 is 5.20. The zero-order valence-corrected chi connectivity index (χ0v) is 6.81. The number of rotatable bonds is 0. The fourth-order valence-electron chi connectivity index (χ4n) is 0.691. The third-order valence-electron chi connectivity index (χ3n) is 1.19. The number of nitrogens with zero attached hydrogens (tertiary/aromatic N) is 2. The van der Waals surface area contributed by atoms with Gasteiger partial charge in [-0.2, -0.15) is 10.5 Å². The molecule has 3 nitrogen and oxygen atoms in total. The molecule has 1 rings (SSSR count). The normalized spacial score (nSPS) is 21.7. The van der Waals surface area contributed by atoms with E-state index in [1.807, 2.05) is 6.92 Å². The van der Waals surface area contributed by atoms with E-state index in [1.165, 1.54) is 11.8 Å². The Labute approximate surface area is 69.3 Å². The van der Waals surface area contributed by atoms with Gasteiger partial charge in [-0.05, 0) is 6.92 Å². The topological polar surface area (TPSA) is 56.8 Å². The average Bonchev–Trinajstić information content (AvgIpc) is 2.39. The second-order valence-electron chi connectivity index (χ2n) is 2.13. The van der Waals surface area contributed by atoms with Crippen LogP contribution >= 0.6 is 11.8 Å². The van der Waals surface area contributed by atoms with Crippen LogP contribution in [0.25, 0.3) is 0 Å². The molecule has 0 radical (unpaired) electrons. The lowest BCUT2D eigenvalue weighted by atomic mass is 10.4. The third-order valence-corrected chi connectivity index (χ3v) is 2.38. The van der Waals surface area contributed by atoms with E-state index < -0.39 is 0 Å². The zero-order valence-electron chi connectivity index (χ0n) is 6.00. The zero-order chi connectivity index (χ0) is 8.27. The summed E-state index contributed by atoms with van der Waals surface area (Å²) in [5.74, 6) is 0.822. The molecule has 11 heavy (non-hydrogen) atoms. The molecule has 0 aliphatic carbocycles. The Morgan fingerprint density at radius 1 is 1.64 bits per heavy atom. The summed E-state index contributed by atoms with van der Waals surface area (Å²) in [4.78, 5) is 0. The molecular weight excluding hydrogens is 160 g/mol. The Morgan fingerprint density at radius 3 is 2.64 bits per heavy atom. The largest absolute Gasteiger partial charge is 0.481 e. The predicted molar refractivity (Wildman–Crippen MR) is 41.3 cm³/mol. The first-order valence-electron chi connectivity index (χ1n) is 3.12. The van der Waals surface area contributed by atoms with Crippen LogP contribution in [0.2, 0.25) is 0 Å². The molecule has 1 unspecified atom stereocenters. The summed E-state index contributed by atoms with van der Waals surface area (Å²) >= 11 is 1.42. The molecule has 1 heterocycles. The van der Waals surface area contributed by atoms with Gasteiger partial charge in [0.05, 0.1) is 0 Å². The summed E-state index contributed by atoms with van der Waals surface area (Å²) in [6.45, 7) is 1.91. The minimum atomic E-state index is 0.0827. The third kappa shape index (κ3) is 1.66. The van der Waals surface area contributed by atoms with Gasteiger partial charge in [-0.3, -0.25) is 0 Å². The van der Waals surface area contributed by atoms with Crippen molar-refractivity contribution < 1.29 is 4.74 Å². The van der Waals surface area contributed by atoms with E-state index in [0.29, 0.717) is 5.09 Å². The van der Waals surface area contributed by atoms with Crippen LogP contribution in [0.1, 0.15) is 6.92 Å².